The number of ketones is 3. The monoisotopic (exact) mass is 804 g/mol. The first kappa shape index (κ1) is 40.5. The molecular weight excluding hydrogens is 756 g/mol. The van der Waals surface area contributed by atoms with E-state index >= 15 is 0 Å². The highest BCUT2D eigenvalue weighted by Gasteiger charge is 2.45. The third-order valence-corrected chi connectivity index (χ3v) is 11.8. The second-order valence-corrected chi connectivity index (χ2v) is 16.0. The van der Waals surface area contributed by atoms with Gasteiger partial charge in [0, 0.05) is 46.7 Å². The van der Waals surface area contributed by atoms with E-state index < -0.39 is 90.8 Å². The molecule has 13 atom stereocenters. The summed E-state index contributed by atoms with van der Waals surface area (Å²) in [6, 6.07) is 7.28. The van der Waals surface area contributed by atoms with Crippen molar-refractivity contribution in [2.24, 2.45) is 0 Å². The number of aryl methyl sites for hydroxylation is 1. The lowest BCUT2D eigenvalue weighted by atomic mass is 9.79. The van der Waals surface area contributed by atoms with E-state index in [-0.39, 0.29) is 75.2 Å². The zero-order valence-corrected chi connectivity index (χ0v) is 32.7. The first-order chi connectivity index (χ1) is 27.6. The Balaban J connectivity index is 0.889. The number of benzene rings is 3. The van der Waals surface area contributed by atoms with E-state index in [1.54, 1.807) is 39.8 Å². The first-order valence-electron chi connectivity index (χ1n) is 19.7. The Labute approximate surface area is 334 Å². The molecule has 5 aliphatic rings. The molecule has 0 spiro atoms. The van der Waals surface area contributed by atoms with Crippen LogP contribution in [-0.4, -0.2) is 117 Å². The lowest BCUT2D eigenvalue weighted by molar-refractivity contribution is -0.325. The van der Waals surface area contributed by atoms with Crippen LogP contribution in [0.25, 0.3) is 10.8 Å². The van der Waals surface area contributed by atoms with E-state index in [2.05, 4.69) is 0 Å². The zero-order valence-electron chi connectivity index (χ0n) is 32.7. The summed E-state index contributed by atoms with van der Waals surface area (Å²) in [5, 5.41) is 56.1. The van der Waals surface area contributed by atoms with Crippen molar-refractivity contribution in [1.29, 1.82) is 0 Å². The summed E-state index contributed by atoms with van der Waals surface area (Å²) >= 11 is 0. The molecular formula is C43H48O15. The van der Waals surface area contributed by atoms with Gasteiger partial charge in [-0.05, 0) is 83.0 Å². The smallest absolute Gasteiger partial charge is 0.198 e. The largest absolute Gasteiger partial charge is 0.507 e. The normalized spacial score (nSPS) is 35.2. The molecule has 0 saturated carbocycles. The molecule has 3 saturated heterocycles. The molecule has 0 amide bonds. The Morgan fingerprint density at radius 3 is 2.02 bits per heavy atom. The van der Waals surface area contributed by atoms with Crippen LogP contribution in [0.3, 0.4) is 0 Å². The van der Waals surface area contributed by atoms with Crippen molar-refractivity contribution in [3.8, 4) is 17.2 Å². The number of phenols is 3. The Kier molecular flexibility index (Phi) is 11.0. The van der Waals surface area contributed by atoms with Crippen molar-refractivity contribution in [2.45, 2.75) is 140 Å². The third-order valence-electron chi connectivity index (χ3n) is 11.8. The fourth-order valence-electron chi connectivity index (χ4n) is 8.77. The second-order valence-electron chi connectivity index (χ2n) is 16.0. The fourth-order valence-corrected chi connectivity index (χ4v) is 8.77. The van der Waals surface area contributed by atoms with E-state index in [1.165, 1.54) is 30.3 Å². The molecule has 1 aliphatic carbocycles. The van der Waals surface area contributed by atoms with Gasteiger partial charge in [-0.1, -0.05) is 6.07 Å². The highest BCUT2D eigenvalue weighted by molar-refractivity contribution is 6.32. The van der Waals surface area contributed by atoms with Gasteiger partial charge in [-0.2, -0.15) is 0 Å². The number of hydrogen-bond donors (Lipinski definition) is 5. The van der Waals surface area contributed by atoms with Gasteiger partial charge in [0.2, 0.25) is 0 Å². The predicted octanol–water partition coefficient (Wildman–Crippen LogP) is 4.30. The van der Waals surface area contributed by atoms with E-state index in [0.717, 1.165) is 0 Å². The van der Waals surface area contributed by atoms with Crippen molar-refractivity contribution in [2.75, 3.05) is 0 Å². The average molecular weight is 805 g/mol. The number of ether oxygens (including phenoxy) is 7. The topological polar surface area (TPSA) is 217 Å². The Bertz CT molecular complexity index is 2140. The molecule has 310 valence electrons. The molecule has 0 aromatic heterocycles. The second kappa shape index (κ2) is 15.7. The number of phenolic OH excluding ortho intramolecular Hbond substituents is 3. The molecule has 3 aromatic carbocycles. The minimum Gasteiger partial charge on any atom is -0.507 e. The van der Waals surface area contributed by atoms with Gasteiger partial charge in [-0.3, -0.25) is 14.4 Å². The number of carbonyl (C=O) groups excluding carboxylic acids is 3. The SMILES string of the molecule is Cc1cc(O)c2cc3c(c(O)c2c1)C(=O)c1ccc([C@H]2C[C@@H](O)[C@H](O[C@H]4C[C@H](O)[C@H](O[C@H]5CC[C@H](O[C@H]6C=CC(=O)[C@H](C)O6)[C@H](C)O5)[C@H](C)O4)[C@H](C)O2)c(O)c1C3=O. The lowest BCUT2D eigenvalue weighted by Crippen LogP contribution is -2.54. The molecule has 58 heavy (non-hydrogen) atoms. The average Bonchev–Trinajstić information content (AvgIpc) is 3.16. The number of carbonyl (C=O) groups is 3. The van der Waals surface area contributed by atoms with Crippen LogP contribution in [0.1, 0.15) is 102 Å². The van der Waals surface area contributed by atoms with Crippen molar-refractivity contribution in [1.82, 2.24) is 0 Å². The maximum absolute atomic E-state index is 13.9. The van der Waals surface area contributed by atoms with Gasteiger partial charge in [0.25, 0.3) is 0 Å². The summed E-state index contributed by atoms with van der Waals surface area (Å²) in [5.74, 6) is -2.58. The van der Waals surface area contributed by atoms with Crippen molar-refractivity contribution >= 4 is 28.1 Å². The Morgan fingerprint density at radius 2 is 1.33 bits per heavy atom. The highest BCUT2D eigenvalue weighted by Crippen LogP contribution is 2.46. The molecule has 4 heterocycles. The van der Waals surface area contributed by atoms with Crippen molar-refractivity contribution in [3.05, 3.63) is 75.9 Å². The maximum Gasteiger partial charge on any atom is 0.198 e. The first-order valence-corrected chi connectivity index (χ1v) is 19.7. The molecule has 15 heteroatoms. The van der Waals surface area contributed by atoms with Gasteiger partial charge >= 0.3 is 0 Å². The number of fused-ring (bicyclic) bond motifs is 3. The van der Waals surface area contributed by atoms with E-state index in [0.29, 0.717) is 18.4 Å². The van der Waals surface area contributed by atoms with Gasteiger partial charge in [0.15, 0.2) is 36.2 Å². The molecule has 0 radical (unpaired) electrons. The van der Waals surface area contributed by atoms with Crippen molar-refractivity contribution in [3.63, 3.8) is 0 Å². The third kappa shape index (κ3) is 7.33. The van der Waals surface area contributed by atoms with Gasteiger partial charge in [0.1, 0.15) is 35.6 Å². The lowest BCUT2D eigenvalue weighted by Gasteiger charge is -2.44. The Hall–Kier alpha value is -4.29. The zero-order chi connectivity index (χ0) is 41.3. The van der Waals surface area contributed by atoms with Crippen LogP contribution in [0.2, 0.25) is 0 Å². The van der Waals surface area contributed by atoms with Crippen LogP contribution in [0.4, 0.5) is 0 Å². The summed E-state index contributed by atoms with van der Waals surface area (Å²) in [6.45, 7) is 8.69. The van der Waals surface area contributed by atoms with Crippen LogP contribution >= 0.6 is 0 Å². The van der Waals surface area contributed by atoms with Crippen LogP contribution in [-0.2, 0) is 38.0 Å². The van der Waals surface area contributed by atoms with Crippen LogP contribution in [0, 0.1) is 6.92 Å². The molecule has 3 fully saturated rings. The van der Waals surface area contributed by atoms with E-state index in [9.17, 15) is 39.9 Å². The molecule has 0 bridgehead atoms. The van der Waals surface area contributed by atoms with E-state index in [1.807, 2.05) is 6.92 Å². The number of aromatic hydroxyl groups is 3. The summed E-state index contributed by atoms with van der Waals surface area (Å²) in [7, 11) is 0. The van der Waals surface area contributed by atoms with Gasteiger partial charge in [0.05, 0.1) is 53.9 Å². The summed E-state index contributed by atoms with van der Waals surface area (Å²) in [5.41, 5.74) is 0.0952. The fraction of sp³-hybridized carbons (Fsp3) is 0.512. The highest BCUT2D eigenvalue weighted by atomic mass is 16.7. The summed E-state index contributed by atoms with van der Waals surface area (Å²) in [4.78, 5) is 39.3. The molecule has 0 unspecified atom stereocenters. The summed E-state index contributed by atoms with van der Waals surface area (Å²) in [6.07, 6.45) is -5.26. The molecule has 15 nitrogen and oxygen atoms in total. The van der Waals surface area contributed by atoms with Crippen molar-refractivity contribution < 1.29 is 73.1 Å². The van der Waals surface area contributed by atoms with Gasteiger partial charge < -0.3 is 58.7 Å². The molecule has 4 aliphatic heterocycles. The van der Waals surface area contributed by atoms with Gasteiger partial charge in [-0.15, -0.1) is 0 Å². The number of aliphatic hydroxyl groups excluding tert-OH is 2. The molecule has 5 N–H and O–H groups in total. The van der Waals surface area contributed by atoms with Gasteiger partial charge in [-0.25, -0.2) is 0 Å². The summed E-state index contributed by atoms with van der Waals surface area (Å²) < 4.78 is 42.5. The minimum atomic E-state index is -1.12. The number of hydrogen-bond acceptors (Lipinski definition) is 15. The van der Waals surface area contributed by atoms with Crippen LogP contribution < -0.4 is 0 Å². The number of rotatable bonds is 7. The standard InChI is InChI=1S/C43H48O15/c1-17-12-25-24(28(45)13-17)14-26-37(40(25)50)39(49)23-7-6-22(38(48)36(23)41(26)51)32-15-29(46)42(20(4)52-32)58-35-16-30(47)43(21(5)55-35)57-34-11-9-31(19(3)54-34)56-33-10-8-27(44)18(2)53-33/h6-8,10,12-14,18-21,29-35,42-43,45-48,50H,9,11,15-16H2,1-5H3/t18-,19-,20-,21-,29+,30-,31-,32+,33-,34-,35-,42+,43+/m0/s1. The Morgan fingerprint density at radius 1 is 0.672 bits per heavy atom. The number of aliphatic hydroxyl groups is 2. The predicted molar refractivity (Wildman–Crippen MR) is 203 cm³/mol. The van der Waals surface area contributed by atoms with Crippen LogP contribution in [0.5, 0.6) is 17.2 Å². The quantitative estimate of drug-likeness (QED) is 0.176. The molecule has 3 aromatic rings. The molecule has 8 rings (SSSR count). The maximum atomic E-state index is 13.9. The minimum absolute atomic E-state index is 0.0378. The van der Waals surface area contributed by atoms with Crippen LogP contribution in [0.15, 0.2) is 42.5 Å². The van der Waals surface area contributed by atoms with E-state index in [4.69, 9.17) is 33.2 Å².